The fourth-order valence-corrected chi connectivity index (χ4v) is 2.97. The number of aromatic amines is 1. The molecule has 2 aromatic carbocycles. The monoisotopic (exact) mass is 400 g/mol. The summed E-state index contributed by atoms with van der Waals surface area (Å²) in [5.41, 5.74) is 4.98. The summed E-state index contributed by atoms with van der Waals surface area (Å²) >= 11 is 0. The highest BCUT2D eigenvalue weighted by molar-refractivity contribution is 6.05. The molecule has 0 bridgehead atoms. The number of hydrogen-bond donors (Lipinski definition) is 4. The molecule has 3 amide bonds. The fraction of sp³-hybridized carbons (Fsp3) is 0.0909. The van der Waals surface area contributed by atoms with Crippen LogP contribution in [0.1, 0.15) is 16.1 Å². The summed E-state index contributed by atoms with van der Waals surface area (Å²) in [7, 11) is 1.54. The molecule has 0 unspecified atom stereocenters. The molecule has 0 aliphatic heterocycles. The van der Waals surface area contributed by atoms with Crippen LogP contribution in [0.5, 0.6) is 0 Å². The number of fused-ring (bicyclic) bond motifs is 1. The van der Waals surface area contributed by atoms with E-state index in [1.165, 1.54) is 7.05 Å². The Balaban J connectivity index is 1.51. The van der Waals surface area contributed by atoms with Gasteiger partial charge >= 0.3 is 6.03 Å². The molecule has 0 aliphatic rings. The van der Waals surface area contributed by atoms with E-state index in [1.54, 1.807) is 24.3 Å². The van der Waals surface area contributed by atoms with Crippen LogP contribution in [-0.4, -0.2) is 33.9 Å². The number of pyridine rings is 1. The van der Waals surface area contributed by atoms with Crippen molar-refractivity contribution in [3.63, 3.8) is 0 Å². The third kappa shape index (κ3) is 4.12. The first kappa shape index (κ1) is 19.1. The standard InChI is InChI=1S/C22H20N6O2/c1-13-6-11-18-20(24-13)28-19(27-18)15-4-3-5-17(12-15)25-21(29)14-7-9-16(10-8-14)26-22(30)23-2/h3-12H,1-2H3,(H,25,29)(H2,23,26,30)(H,24,27,28). The van der Waals surface area contributed by atoms with Crippen molar-refractivity contribution >= 4 is 34.5 Å². The minimum Gasteiger partial charge on any atom is -0.341 e. The number of benzene rings is 2. The number of rotatable bonds is 4. The maximum absolute atomic E-state index is 12.6. The summed E-state index contributed by atoms with van der Waals surface area (Å²) in [6.45, 7) is 1.92. The number of nitrogens with one attached hydrogen (secondary N) is 4. The molecule has 0 radical (unpaired) electrons. The van der Waals surface area contributed by atoms with Gasteiger partial charge in [0.1, 0.15) is 5.82 Å². The van der Waals surface area contributed by atoms with Crippen molar-refractivity contribution in [3.05, 3.63) is 71.9 Å². The van der Waals surface area contributed by atoms with Crippen LogP contribution in [0.3, 0.4) is 0 Å². The molecule has 0 saturated heterocycles. The lowest BCUT2D eigenvalue weighted by Gasteiger charge is -2.08. The zero-order chi connectivity index (χ0) is 21.1. The summed E-state index contributed by atoms with van der Waals surface area (Å²) in [4.78, 5) is 36.2. The van der Waals surface area contributed by atoms with Gasteiger partial charge < -0.3 is 20.9 Å². The molecule has 0 atom stereocenters. The number of carbonyl (C=O) groups excluding carboxylic acids is 2. The van der Waals surface area contributed by atoms with Gasteiger partial charge in [0.2, 0.25) is 0 Å². The first-order chi connectivity index (χ1) is 14.5. The average molecular weight is 400 g/mol. The number of anilines is 2. The zero-order valence-corrected chi connectivity index (χ0v) is 16.5. The van der Waals surface area contributed by atoms with E-state index >= 15 is 0 Å². The van der Waals surface area contributed by atoms with Crippen LogP contribution in [0.4, 0.5) is 16.2 Å². The molecule has 30 heavy (non-hydrogen) atoms. The van der Waals surface area contributed by atoms with E-state index in [-0.39, 0.29) is 11.9 Å². The van der Waals surface area contributed by atoms with Crippen LogP contribution >= 0.6 is 0 Å². The van der Waals surface area contributed by atoms with E-state index in [0.29, 0.717) is 28.4 Å². The van der Waals surface area contributed by atoms with Crippen molar-refractivity contribution < 1.29 is 9.59 Å². The Kier molecular flexibility index (Phi) is 5.13. The molecule has 0 aliphatic carbocycles. The van der Waals surface area contributed by atoms with Gasteiger partial charge in [0.05, 0.1) is 5.52 Å². The average Bonchev–Trinajstić information content (AvgIpc) is 3.17. The van der Waals surface area contributed by atoms with Gasteiger partial charge in [-0.15, -0.1) is 0 Å². The number of hydrogen-bond acceptors (Lipinski definition) is 4. The van der Waals surface area contributed by atoms with Crippen LogP contribution in [0.15, 0.2) is 60.7 Å². The number of carbonyl (C=O) groups is 2. The van der Waals surface area contributed by atoms with Crippen LogP contribution in [0, 0.1) is 6.92 Å². The lowest BCUT2D eigenvalue weighted by atomic mass is 10.1. The van der Waals surface area contributed by atoms with Gasteiger partial charge in [-0.3, -0.25) is 4.79 Å². The minimum atomic E-state index is -0.319. The third-order valence-corrected chi connectivity index (χ3v) is 4.51. The third-order valence-electron chi connectivity index (χ3n) is 4.51. The SMILES string of the molecule is CNC(=O)Nc1ccc(C(=O)Nc2cccc(-c3nc4nc(C)ccc4[nH]3)c2)cc1. The van der Waals surface area contributed by atoms with E-state index in [1.807, 2.05) is 43.3 Å². The number of H-pyrrole nitrogens is 1. The summed E-state index contributed by atoms with van der Waals surface area (Å²) in [6.07, 6.45) is 0. The fourth-order valence-electron chi connectivity index (χ4n) is 2.97. The van der Waals surface area contributed by atoms with Crippen molar-refractivity contribution in [2.45, 2.75) is 6.92 Å². The van der Waals surface area contributed by atoms with E-state index in [4.69, 9.17) is 0 Å². The van der Waals surface area contributed by atoms with Crippen molar-refractivity contribution in [2.75, 3.05) is 17.7 Å². The highest BCUT2D eigenvalue weighted by atomic mass is 16.2. The Morgan fingerprint density at radius 2 is 1.70 bits per heavy atom. The van der Waals surface area contributed by atoms with E-state index in [9.17, 15) is 9.59 Å². The Morgan fingerprint density at radius 3 is 2.47 bits per heavy atom. The number of aryl methyl sites for hydroxylation is 1. The van der Waals surface area contributed by atoms with Crippen molar-refractivity contribution in [1.82, 2.24) is 20.3 Å². The van der Waals surface area contributed by atoms with E-state index in [2.05, 4.69) is 30.9 Å². The molecule has 4 aromatic rings. The minimum absolute atomic E-state index is 0.249. The lowest BCUT2D eigenvalue weighted by Crippen LogP contribution is -2.24. The maximum Gasteiger partial charge on any atom is 0.318 e. The summed E-state index contributed by atoms with van der Waals surface area (Å²) in [6, 6.07) is 17.6. The van der Waals surface area contributed by atoms with Gasteiger partial charge in [0.15, 0.2) is 5.65 Å². The summed E-state index contributed by atoms with van der Waals surface area (Å²) in [5, 5.41) is 8.01. The number of urea groups is 1. The second-order valence-corrected chi connectivity index (χ2v) is 6.73. The first-order valence-corrected chi connectivity index (χ1v) is 9.36. The normalized spacial score (nSPS) is 10.6. The van der Waals surface area contributed by atoms with Crippen LogP contribution in [0.2, 0.25) is 0 Å². The van der Waals surface area contributed by atoms with E-state index < -0.39 is 0 Å². The second-order valence-electron chi connectivity index (χ2n) is 6.73. The topological polar surface area (TPSA) is 112 Å². The quantitative estimate of drug-likeness (QED) is 0.416. The van der Waals surface area contributed by atoms with Crippen LogP contribution < -0.4 is 16.0 Å². The van der Waals surface area contributed by atoms with E-state index in [0.717, 1.165) is 16.8 Å². The maximum atomic E-state index is 12.6. The number of aromatic nitrogens is 3. The predicted molar refractivity (Wildman–Crippen MR) is 117 cm³/mol. The Hall–Kier alpha value is -4.20. The van der Waals surface area contributed by atoms with Crippen molar-refractivity contribution in [2.24, 2.45) is 0 Å². The van der Waals surface area contributed by atoms with Crippen LogP contribution in [0.25, 0.3) is 22.6 Å². The molecular formula is C22H20N6O2. The molecule has 2 aromatic heterocycles. The molecule has 2 heterocycles. The number of amides is 3. The molecule has 150 valence electrons. The molecule has 8 heteroatoms. The van der Waals surface area contributed by atoms with Crippen molar-refractivity contribution in [1.29, 1.82) is 0 Å². The van der Waals surface area contributed by atoms with Gasteiger partial charge in [-0.05, 0) is 55.5 Å². The highest BCUT2D eigenvalue weighted by Gasteiger charge is 2.10. The second kappa shape index (κ2) is 8.04. The van der Waals surface area contributed by atoms with Gasteiger partial charge in [0.25, 0.3) is 5.91 Å². The zero-order valence-electron chi connectivity index (χ0n) is 16.5. The van der Waals surface area contributed by atoms with Gasteiger partial charge in [0, 0.05) is 35.2 Å². The Labute approximate surface area is 172 Å². The smallest absolute Gasteiger partial charge is 0.318 e. The van der Waals surface area contributed by atoms with Crippen LogP contribution in [-0.2, 0) is 0 Å². The Bertz CT molecular complexity index is 1230. The summed E-state index contributed by atoms with van der Waals surface area (Å²) in [5.74, 6) is 0.435. The molecule has 0 spiro atoms. The van der Waals surface area contributed by atoms with Gasteiger partial charge in [-0.2, -0.15) is 0 Å². The highest BCUT2D eigenvalue weighted by Crippen LogP contribution is 2.23. The molecule has 0 fully saturated rings. The number of nitrogens with zero attached hydrogens (tertiary/aromatic N) is 2. The summed E-state index contributed by atoms with van der Waals surface area (Å²) < 4.78 is 0. The molecule has 0 saturated carbocycles. The largest absolute Gasteiger partial charge is 0.341 e. The first-order valence-electron chi connectivity index (χ1n) is 9.36. The molecular weight excluding hydrogens is 380 g/mol. The molecule has 4 rings (SSSR count). The molecule has 8 nitrogen and oxygen atoms in total. The molecule has 4 N–H and O–H groups in total. The van der Waals surface area contributed by atoms with Gasteiger partial charge in [-0.1, -0.05) is 12.1 Å². The predicted octanol–water partition coefficient (Wildman–Crippen LogP) is 3.94. The van der Waals surface area contributed by atoms with Gasteiger partial charge in [-0.25, -0.2) is 14.8 Å². The number of imidazole rings is 1. The lowest BCUT2D eigenvalue weighted by molar-refractivity contribution is 0.102. The van der Waals surface area contributed by atoms with Crippen molar-refractivity contribution in [3.8, 4) is 11.4 Å². The Morgan fingerprint density at radius 1 is 0.900 bits per heavy atom.